The Labute approximate surface area is 123 Å². The van der Waals surface area contributed by atoms with Gasteiger partial charge in [0.15, 0.2) is 0 Å². The summed E-state index contributed by atoms with van der Waals surface area (Å²) in [5.41, 5.74) is 2.21. The molecule has 3 nitrogen and oxygen atoms in total. The topological polar surface area (TPSA) is 27.1 Å². The van der Waals surface area contributed by atoms with Crippen LogP contribution in [0.1, 0.15) is 37.5 Å². The van der Waals surface area contributed by atoms with E-state index in [4.69, 9.17) is 21.3 Å². The molecular weight excluding hydrogens is 272 g/mol. The highest BCUT2D eigenvalue weighted by atomic mass is 35.5. The lowest BCUT2D eigenvalue weighted by Crippen LogP contribution is -2.18. The molecule has 3 unspecified atom stereocenters. The molecule has 2 aliphatic carbocycles. The van der Waals surface area contributed by atoms with Crippen molar-refractivity contribution in [3.8, 4) is 5.75 Å². The molecule has 3 atom stereocenters. The quantitative estimate of drug-likeness (QED) is 0.794. The fraction of sp³-hybridized carbons (Fsp3) is 0.562. The second kappa shape index (κ2) is 4.66. The summed E-state index contributed by atoms with van der Waals surface area (Å²) in [4.78, 5) is 4.72. The molecule has 0 spiro atoms. The Hall–Kier alpha value is -1.22. The van der Waals surface area contributed by atoms with Crippen molar-refractivity contribution in [3.63, 3.8) is 0 Å². The summed E-state index contributed by atoms with van der Waals surface area (Å²) in [6.45, 7) is 0. The van der Waals surface area contributed by atoms with Gasteiger partial charge in [0.25, 0.3) is 0 Å². The van der Waals surface area contributed by atoms with E-state index in [1.807, 2.05) is 12.1 Å². The van der Waals surface area contributed by atoms with Gasteiger partial charge in [-0.3, -0.25) is 0 Å². The Morgan fingerprint density at radius 3 is 2.90 bits per heavy atom. The van der Waals surface area contributed by atoms with Crippen LogP contribution in [0.25, 0.3) is 11.0 Å². The predicted octanol–water partition coefficient (Wildman–Crippen LogP) is 4.14. The van der Waals surface area contributed by atoms with Crippen LogP contribution in [0.5, 0.6) is 5.75 Å². The number of methoxy groups -OCH3 is 1. The van der Waals surface area contributed by atoms with Crippen molar-refractivity contribution in [1.82, 2.24) is 9.55 Å². The summed E-state index contributed by atoms with van der Waals surface area (Å²) >= 11 is 6.14. The summed E-state index contributed by atoms with van der Waals surface area (Å²) in [5, 5.41) is 0. The molecule has 0 saturated heterocycles. The minimum atomic E-state index is 0.477. The summed E-state index contributed by atoms with van der Waals surface area (Å²) in [6, 6.07) is 6.75. The van der Waals surface area contributed by atoms with Crippen LogP contribution in [-0.2, 0) is 5.88 Å². The second-order valence-electron chi connectivity index (χ2n) is 6.13. The van der Waals surface area contributed by atoms with Crippen LogP contribution >= 0.6 is 11.6 Å². The molecule has 4 heteroatoms. The number of nitrogens with zero attached hydrogens (tertiary/aromatic N) is 2. The maximum atomic E-state index is 6.14. The minimum absolute atomic E-state index is 0.477. The lowest BCUT2D eigenvalue weighted by molar-refractivity contribution is 0.331. The molecule has 1 heterocycles. The highest BCUT2D eigenvalue weighted by molar-refractivity contribution is 6.16. The number of ether oxygens (including phenoxy) is 1. The molecule has 2 aliphatic rings. The van der Waals surface area contributed by atoms with Crippen molar-refractivity contribution < 1.29 is 4.74 Å². The van der Waals surface area contributed by atoms with E-state index in [1.54, 1.807) is 7.11 Å². The lowest BCUT2D eigenvalue weighted by atomic mass is 9.95. The van der Waals surface area contributed by atoms with Gasteiger partial charge in [0.05, 0.1) is 24.0 Å². The third kappa shape index (κ3) is 1.76. The van der Waals surface area contributed by atoms with E-state index in [-0.39, 0.29) is 0 Å². The Bertz CT molecular complexity index is 651. The van der Waals surface area contributed by atoms with Crippen molar-refractivity contribution in [2.45, 2.75) is 37.6 Å². The molecular formula is C16H19ClN2O. The van der Waals surface area contributed by atoms with E-state index in [1.165, 1.54) is 31.2 Å². The first-order chi connectivity index (χ1) is 9.80. The largest absolute Gasteiger partial charge is 0.497 e. The van der Waals surface area contributed by atoms with Crippen molar-refractivity contribution in [3.05, 3.63) is 24.0 Å². The van der Waals surface area contributed by atoms with Gasteiger partial charge in [-0.05, 0) is 43.2 Å². The van der Waals surface area contributed by atoms with Crippen LogP contribution < -0.4 is 4.74 Å². The maximum Gasteiger partial charge on any atom is 0.125 e. The number of imidazole rings is 1. The van der Waals surface area contributed by atoms with Crippen LogP contribution in [0.4, 0.5) is 0 Å². The number of aromatic nitrogens is 2. The molecule has 2 fully saturated rings. The first kappa shape index (κ1) is 12.5. The number of hydrogen-bond acceptors (Lipinski definition) is 2. The molecule has 2 aromatic rings. The summed E-state index contributed by atoms with van der Waals surface area (Å²) < 4.78 is 7.71. The first-order valence-corrected chi connectivity index (χ1v) is 7.94. The zero-order valence-corrected chi connectivity index (χ0v) is 12.4. The minimum Gasteiger partial charge on any atom is -0.497 e. The number of benzene rings is 1. The van der Waals surface area contributed by atoms with Crippen molar-refractivity contribution in [1.29, 1.82) is 0 Å². The summed E-state index contributed by atoms with van der Waals surface area (Å²) in [6.07, 6.45) is 5.47. The van der Waals surface area contributed by atoms with Gasteiger partial charge in [0, 0.05) is 12.1 Å². The van der Waals surface area contributed by atoms with E-state index in [0.29, 0.717) is 11.9 Å². The first-order valence-electron chi connectivity index (χ1n) is 7.41. The van der Waals surface area contributed by atoms with Crippen LogP contribution in [-0.4, -0.2) is 16.7 Å². The smallest absolute Gasteiger partial charge is 0.125 e. The normalized spacial score (nSPS) is 28.4. The maximum absolute atomic E-state index is 6.14. The van der Waals surface area contributed by atoms with Gasteiger partial charge in [-0.15, -0.1) is 11.6 Å². The van der Waals surface area contributed by atoms with Crippen molar-refractivity contribution in [2.75, 3.05) is 7.11 Å². The van der Waals surface area contributed by atoms with Crippen LogP contribution in [0.15, 0.2) is 18.2 Å². The highest BCUT2D eigenvalue weighted by Gasteiger charge is 2.41. The fourth-order valence-corrected chi connectivity index (χ4v) is 4.44. The number of rotatable bonds is 3. The summed E-state index contributed by atoms with van der Waals surface area (Å²) in [7, 11) is 1.69. The molecule has 0 amide bonds. The van der Waals surface area contributed by atoms with Crippen molar-refractivity contribution in [2.24, 2.45) is 11.8 Å². The van der Waals surface area contributed by atoms with Gasteiger partial charge < -0.3 is 9.30 Å². The molecule has 106 valence electrons. The van der Waals surface area contributed by atoms with E-state index in [0.717, 1.165) is 28.9 Å². The van der Waals surface area contributed by atoms with Gasteiger partial charge in [-0.25, -0.2) is 4.98 Å². The van der Waals surface area contributed by atoms with Crippen LogP contribution in [0.2, 0.25) is 0 Å². The molecule has 2 bridgehead atoms. The van der Waals surface area contributed by atoms with Gasteiger partial charge in [0.2, 0.25) is 0 Å². The number of alkyl halides is 1. The third-order valence-electron chi connectivity index (χ3n) is 5.12. The lowest BCUT2D eigenvalue weighted by Gasteiger charge is -2.25. The van der Waals surface area contributed by atoms with Gasteiger partial charge in [-0.2, -0.15) is 0 Å². The second-order valence-corrected chi connectivity index (χ2v) is 6.40. The molecule has 0 aliphatic heterocycles. The van der Waals surface area contributed by atoms with Crippen molar-refractivity contribution >= 4 is 22.6 Å². The summed E-state index contributed by atoms with van der Waals surface area (Å²) in [5.74, 6) is 4.08. The molecule has 4 rings (SSSR count). The predicted molar refractivity (Wildman–Crippen MR) is 80.3 cm³/mol. The highest BCUT2D eigenvalue weighted by Crippen LogP contribution is 2.51. The van der Waals surface area contributed by atoms with Gasteiger partial charge in [0.1, 0.15) is 11.6 Å². The zero-order valence-electron chi connectivity index (χ0n) is 11.7. The van der Waals surface area contributed by atoms with E-state index < -0.39 is 0 Å². The van der Waals surface area contributed by atoms with E-state index >= 15 is 0 Å². The molecule has 1 aromatic heterocycles. The Morgan fingerprint density at radius 2 is 2.25 bits per heavy atom. The molecule has 20 heavy (non-hydrogen) atoms. The van der Waals surface area contributed by atoms with Crippen LogP contribution in [0, 0.1) is 11.8 Å². The molecule has 2 saturated carbocycles. The number of hydrogen-bond donors (Lipinski definition) is 0. The molecule has 1 aromatic carbocycles. The standard InChI is InChI=1S/C16H19ClN2O/c1-20-12-4-5-14-13(8-12)18-16(9-17)19(14)15-7-10-2-3-11(15)6-10/h4-5,8,10-11,15H,2-3,6-7,9H2,1H3. The van der Waals surface area contributed by atoms with E-state index in [9.17, 15) is 0 Å². The Balaban J connectivity index is 1.84. The number of halogens is 1. The average Bonchev–Trinajstić information content (AvgIpc) is 3.18. The average molecular weight is 291 g/mol. The monoisotopic (exact) mass is 290 g/mol. The third-order valence-corrected chi connectivity index (χ3v) is 5.36. The van der Waals surface area contributed by atoms with Gasteiger partial charge in [-0.1, -0.05) is 6.42 Å². The Kier molecular flexibility index (Phi) is 2.92. The SMILES string of the molecule is COc1ccc2c(c1)nc(CCl)n2C1CC2CCC1C2. The van der Waals surface area contributed by atoms with E-state index in [2.05, 4.69) is 10.6 Å². The van der Waals surface area contributed by atoms with Crippen LogP contribution in [0.3, 0.4) is 0 Å². The molecule has 0 N–H and O–H groups in total. The zero-order chi connectivity index (χ0) is 13.7. The fourth-order valence-electron chi connectivity index (χ4n) is 4.25. The molecule has 0 radical (unpaired) electrons. The number of fused-ring (bicyclic) bond motifs is 3. The van der Waals surface area contributed by atoms with Gasteiger partial charge >= 0.3 is 0 Å². The Morgan fingerprint density at radius 1 is 1.35 bits per heavy atom.